The largest absolute Gasteiger partial charge is 0.395 e. The Labute approximate surface area is 234 Å². The van der Waals surface area contributed by atoms with Gasteiger partial charge in [-0.1, -0.05) is 27.7 Å². The fourth-order valence-corrected chi connectivity index (χ4v) is 11.1. The second-order valence-electron chi connectivity index (χ2n) is 15.0. The first-order valence-electron chi connectivity index (χ1n) is 16.1. The van der Waals surface area contributed by atoms with E-state index in [2.05, 4.69) is 38.3 Å². The predicted molar refractivity (Wildman–Crippen MR) is 148 cm³/mol. The van der Waals surface area contributed by atoms with Crippen molar-refractivity contribution in [2.24, 2.45) is 52.3 Å². The van der Waals surface area contributed by atoms with Crippen LogP contribution in [0, 0.1) is 52.3 Å². The molecule has 39 heavy (non-hydrogen) atoms. The number of nitrogens with one attached hydrogen (secondary N) is 2. The number of carbonyl (C=O) groups excluding carboxylic acids is 2. The lowest BCUT2D eigenvalue weighted by atomic mass is 9.44. The van der Waals surface area contributed by atoms with Crippen LogP contribution in [0.15, 0.2) is 0 Å². The van der Waals surface area contributed by atoms with Crippen molar-refractivity contribution in [2.45, 2.75) is 116 Å². The highest BCUT2D eigenvalue weighted by molar-refractivity contribution is 5.96. The number of fused-ring (bicyclic) bond motifs is 7. The van der Waals surface area contributed by atoms with Crippen LogP contribution in [0.2, 0.25) is 0 Å². The maximum Gasteiger partial charge on any atom is 0.229 e. The number of carbonyl (C=O) groups is 2. The standard InChI is InChI=1S/C32H52N2O5/c1-19-7-12-32(38-18-19)20(2)29-26(39-32)16-25-23-6-5-21-15-22(34-28(37)17-27(36)33-13-14-35)8-10-30(21,3)24(23)9-11-31(25,29)4/h19-26,29,35H,5-18H2,1-4H3,(H,33,36)(H,34,37)/t19-,20+,21+,22+,23-,24+,25+,26+,29+,30+,31+,32-/m1/s1. The van der Waals surface area contributed by atoms with Gasteiger partial charge in [0.05, 0.1) is 19.3 Å². The van der Waals surface area contributed by atoms with E-state index >= 15 is 0 Å². The van der Waals surface area contributed by atoms with Crippen molar-refractivity contribution >= 4 is 11.8 Å². The third kappa shape index (κ3) is 4.57. The molecule has 0 unspecified atom stereocenters. The van der Waals surface area contributed by atoms with Gasteiger partial charge in [0.15, 0.2) is 5.79 Å². The second-order valence-corrected chi connectivity index (χ2v) is 15.0. The molecule has 6 fully saturated rings. The summed E-state index contributed by atoms with van der Waals surface area (Å²) in [7, 11) is 0. The van der Waals surface area contributed by atoms with Gasteiger partial charge in [-0.15, -0.1) is 0 Å². The van der Waals surface area contributed by atoms with E-state index in [4.69, 9.17) is 14.6 Å². The molecule has 2 saturated heterocycles. The van der Waals surface area contributed by atoms with Gasteiger partial charge in [-0.25, -0.2) is 0 Å². The van der Waals surface area contributed by atoms with E-state index < -0.39 is 0 Å². The van der Waals surface area contributed by atoms with Gasteiger partial charge in [0.2, 0.25) is 11.8 Å². The first kappa shape index (κ1) is 28.0. The summed E-state index contributed by atoms with van der Waals surface area (Å²) < 4.78 is 13.4. The van der Waals surface area contributed by atoms with E-state index in [0.29, 0.717) is 40.6 Å². The lowest BCUT2D eigenvalue weighted by Crippen LogP contribution is -2.56. The molecule has 220 valence electrons. The first-order valence-corrected chi connectivity index (χ1v) is 16.1. The molecule has 0 bridgehead atoms. The Balaban J connectivity index is 1.10. The van der Waals surface area contributed by atoms with Crippen LogP contribution in [0.5, 0.6) is 0 Å². The summed E-state index contributed by atoms with van der Waals surface area (Å²) in [5.74, 6) is 3.83. The van der Waals surface area contributed by atoms with Gasteiger partial charge in [0.25, 0.3) is 0 Å². The van der Waals surface area contributed by atoms with Crippen molar-refractivity contribution in [1.29, 1.82) is 0 Å². The molecule has 6 rings (SSSR count). The molecular formula is C32H52N2O5. The van der Waals surface area contributed by atoms with Gasteiger partial charge >= 0.3 is 0 Å². The summed E-state index contributed by atoms with van der Waals surface area (Å²) >= 11 is 0. The second kappa shape index (κ2) is 10.3. The van der Waals surface area contributed by atoms with Gasteiger partial charge in [0, 0.05) is 24.9 Å². The lowest BCUT2D eigenvalue weighted by molar-refractivity contribution is -0.273. The lowest BCUT2D eigenvalue weighted by Gasteiger charge is -2.61. The Morgan fingerprint density at radius 1 is 0.923 bits per heavy atom. The maximum atomic E-state index is 12.5. The van der Waals surface area contributed by atoms with Gasteiger partial charge in [0.1, 0.15) is 6.42 Å². The van der Waals surface area contributed by atoms with E-state index in [1.807, 2.05) is 0 Å². The van der Waals surface area contributed by atoms with Gasteiger partial charge in [-0.2, -0.15) is 0 Å². The maximum absolute atomic E-state index is 12.5. The van der Waals surface area contributed by atoms with Crippen molar-refractivity contribution in [3.8, 4) is 0 Å². The van der Waals surface area contributed by atoms with Crippen molar-refractivity contribution < 1.29 is 24.2 Å². The van der Waals surface area contributed by atoms with Crippen LogP contribution in [0.1, 0.15) is 98.3 Å². The number of aliphatic hydroxyl groups excluding tert-OH is 1. The van der Waals surface area contributed by atoms with E-state index in [0.717, 1.165) is 43.6 Å². The number of ether oxygens (including phenoxy) is 2. The molecule has 0 radical (unpaired) electrons. The van der Waals surface area contributed by atoms with Crippen LogP contribution >= 0.6 is 0 Å². The Kier molecular flexibility index (Phi) is 7.36. The fourth-order valence-electron chi connectivity index (χ4n) is 11.1. The first-order chi connectivity index (χ1) is 18.6. The van der Waals surface area contributed by atoms with E-state index in [1.165, 1.54) is 44.9 Å². The van der Waals surface area contributed by atoms with Crippen molar-refractivity contribution in [2.75, 3.05) is 19.8 Å². The minimum atomic E-state index is -0.335. The highest BCUT2D eigenvalue weighted by Gasteiger charge is 2.69. The Morgan fingerprint density at radius 2 is 1.72 bits per heavy atom. The number of hydrogen-bond donors (Lipinski definition) is 3. The van der Waals surface area contributed by atoms with Gasteiger partial charge < -0.3 is 25.2 Å². The van der Waals surface area contributed by atoms with Crippen LogP contribution in [0.4, 0.5) is 0 Å². The fraction of sp³-hybridized carbons (Fsp3) is 0.938. The zero-order valence-corrected chi connectivity index (χ0v) is 24.7. The number of rotatable bonds is 5. The van der Waals surface area contributed by atoms with Crippen LogP contribution in [0.3, 0.4) is 0 Å². The molecular weight excluding hydrogens is 492 g/mol. The SMILES string of the molecule is C[C@@H]1CC[C@@]2(OC1)O[C@H]1C[C@H]3[C@@H]4CC[C@H]5C[C@@H](NC(=O)CC(=O)NCCO)CC[C@]5(C)[C@H]4CC[C@]3(C)[C@H]1[C@@H]2C. The van der Waals surface area contributed by atoms with Crippen molar-refractivity contribution in [3.05, 3.63) is 0 Å². The zero-order chi connectivity index (χ0) is 27.6. The number of amides is 2. The molecule has 2 heterocycles. The summed E-state index contributed by atoms with van der Waals surface area (Å²) in [6.07, 6.45) is 12.1. The highest BCUT2D eigenvalue weighted by atomic mass is 16.7. The van der Waals surface area contributed by atoms with Crippen LogP contribution in [-0.4, -0.2) is 54.6 Å². The molecule has 2 amide bonds. The third-order valence-corrected chi connectivity index (χ3v) is 13.1. The van der Waals surface area contributed by atoms with E-state index in [-0.39, 0.29) is 43.2 Å². The van der Waals surface area contributed by atoms with Crippen LogP contribution < -0.4 is 10.6 Å². The zero-order valence-electron chi connectivity index (χ0n) is 24.7. The third-order valence-electron chi connectivity index (χ3n) is 13.1. The average Bonchev–Trinajstić information content (AvgIpc) is 3.34. The number of hydrogen-bond acceptors (Lipinski definition) is 5. The van der Waals surface area contributed by atoms with E-state index in [1.54, 1.807) is 0 Å². The topological polar surface area (TPSA) is 96.9 Å². The summed E-state index contributed by atoms with van der Waals surface area (Å²) in [5.41, 5.74) is 0.699. The Morgan fingerprint density at radius 3 is 2.46 bits per heavy atom. The molecule has 3 N–H and O–H groups in total. The molecule has 0 aromatic carbocycles. The summed E-state index contributed by atoms with van der Waals surface area (Å²) in [4.78, 5) is 24.4. The molecule has 12 atom stereocenters. The summed E-state index contributed by atoms with van der Waals surface area (Å²) in [6, 6.07) is 0.168. The highest BCUT2D eigenvalue weighted by Crippen LogP contribution is 2.71. The quantitative estimate of drug-likeness (QED) is 0.446. The average molecular weight is 545 g/mol. The van der Waals surface area contributed by atoms with Gasteiger partial charge in [-0.05, 0) is 104 Å². The smallest absolute Gasteiger partial charge is 0.229 e. The van der Waals surface area contributed by atoms with Crippen LogP contribution in [-0.2, 0) is 19.1 Å². The van der Waals surface area contributed by atoms with Crippen molar-refractivity contribution in [1.82, 2.24) is 10.6 Å². The normalized spacial score (nSPS) is 50.4. The molecule has 6 aliphatic rings. The molecule has 0 aromatic rings. The van der Waals surface area contributed by atoms with Crippen molar-refractivity contribution in [3.63, 3.8) is 0 Å². The minimum Gasteiger partial charge on any atom is -0.395 e. The Bertz CT molecular complexity index is 949. The van der Waals surface area contributed by atoms with Gasteiger partial charge in [-0.3, -0.25) is 9.59 Å². The minimum absolute atomic E-state index is 0.111. The molecule has 4 saturated carbocycles. The summed E-state index contributed by atoms with van der Waals surface area (Å²) in [5, 5.41) is 14.6. The molecule has 0 aromatic heterocycles. The number of aliphatic hydroxyl groups is 1. The predicted octanol–water partition coefficient (Wildman–Crippen LogP) is 4.42. The molecule has 7 heteroatoms. The van der Waals surface area contributed by atoms with Crippen LogP contribution in [0.25, 0.3) is 0 Å². The van der Waals surface area contributed by atoms with E-state index in [9.17, 15) is 9.59 Å². The summed E-state index contributed by atoms with van der Waals surface area (Å²) in [6.45, 7) is 10.8. The monoisotopic (exact) mass is 544 g/mol. The Hall–Kier alpha value is -1.18. The molecule has 2 aliphatic heterocycles. The molecule has 1 spiro atoms. The molecule has 4 aliphatic carbocycles. The molecule has 7 nitrogen and oxygen atoms in total.